The Kier molecular flexibility index (Phi) is 5.30. The van der Waals surface area contributed by atoms with Crippen LogP contribution in [0.5, 0.6) is 5.75 Å². The molecule has 0 aliphatic rings. The van der Waals surface area contributed by atoms with Crippen LogP contribution >= 0.6 is 11.3 Å². The zero-order valence-corrected chi connectivity index (χ0v) is 12.9. The molecule has 2 aromatic rings. The SMILES string of the molecule is COc1ccccc1-c1csc(NC(=O)CCC(C)N)n1. The number of benzene rings is 1. The molecular formula is C15H19N3O2S. The standard InChI is InChI=1S/C15H19N3O2S/c1-10(16)7-8-14(19)18-15-17-12(9-21-15)11-5-3-4-6-13(11)20-2/h3-6,9-10H,7-8,16H2,1-2H3,(H,17,18,19). The van der Waals surface area contributed by atoms with Crippen molar-refractivity contribution in [1.82, 2.24) is 4.98 Å². The van der Waals surface area contributed by atoms with Crippen molar-refractivity contribution in [3.05, 3.63) is 29.6 Å². The van der Waals surface area contributed by atoms with Crippen molar-refractivity contribution in [3.63, 3.8) is 0 Å². The Hall–Kier alpha value is -1.92. The second-order valence-corrected chi connectivity index (χ2v) is 5.66. The monoisotopic (exact) mass is 305 g/mol. The maximum Gasteiger partial charge on any atom is 0.226 e. The highest BCUT2D eigenvalue weighted by molar-refractivity contribution is 7.14. The molecule has 112 valence electrons. The summed E-state index contributed by atoms with van der Waals surface area (Å²) in [7, 11) is 1.63. The predicted molar refractivity (Wildman–Crippen MR) is 85.6 cm³/mol. The van der Waals surface area contributed by atoms with Crippen LogP contribution in [0.15, 0.2) is 29.6 Å². The van der Waals surface area contributed by atoms with Gasteiger partial charge in [-0.1, -0.05) is 12.1 Å². The number of anilines is 1. The quantitative estimate of drug-likeness (QED) is 0.860. The Bertz CT molecular complexity index is 610. The molecule has 0 radical (unpaired) electrons. The van der Waals surface area contributed by atoms with Crippen molar-refractivity contribution in [3.8, 4) is 17.0 Å². The number of carbonyl (C=O) groups is 1. The van der Waals surface area contributed by atoms with Crippen LogP contribution in [-0.2, 0) is 4.79 Å². The Labute approximate surface area is 128 Å². The lowest BCUT2D eigenvalue weighted by molar-refractivity contribution is -0.116. The summed E-state index contributed by atoms with van der Waals surface area (Å²) >= 11 is 1.40. The lowest BCUT2D eigenvalue weighted by atomic mass is 10.1. The van der Waals surface area contributed by atoms with Crippen LogP contribution in [0.3, 0.4) is 0 Å². The number of nitrogens with zero attached hydrogens (tertiary/aromatic N) is 1. The zero-order chi connectivity index (χ0) is 15.2. The Morgan fingerprint density at radius 3 is 2.95 bits per heavy atom. The number of nitrogens with two attached hydrogens (primary N) is 1. The van der Waals surface area contributed by atoms with E-state index in [9.17, 15) is 4.79 Å². The highest BCUT2D eigenvalue weighted by atomic mass is 32.1. The highest BCUT2D eigenvalue weighted by Crippen LogP contribution is 2.31. The first-order chi connectivity index (χ1) is 10.1. The minimum atomic E-state index is -0.0618. The zero-order valence-electron chi connectivity index (χ0n) is 12.1. The molecule has 1 aromatic carbocycles. The third-order valence-electron chi connectivity index (χ3n) is 2.96. The number of ether oxygens (including phenoxy) is 1. The molecule has 1 heterocycles. The molecule has 1 aromatic heterocycles. The average molecular weight is 305 g/mol. The predicted octanol–water partition coefficient (Wildman–Crippen LogP) is 2.88. The number of rotatable bonds is 6. The van der Waals surface area contributed by atoms with Crippen LogP contribution in [0, 0.1) is 0 Å². The van der Waals surface area contributed by atoms with Gasteiger partial charge in [0.1, 0.15) is 5.75 Å². The molecule has 0 aliphatic heterocycles. The van der Waals surface area contributed by atoms with Crippen LogP contribution < -0.4 is 15.8 Å². The molecule has 0 bridgehead atoms. The first-order valence-electron chi connectivity index (χ1n) is 6.74. The number of nitrogens with one attached hydrogen (secondary N) is 1. The molecule has 1 atom stereocenters. The average Bonchev–Trinajstić information content (AvgIpc) is 2.93. The van der Waals surface area contributed by atoms with Crippen molar-refractivity contribution < 1.29 is 9.53 Å². The van der Waals surface area contributed by atoms with Gasteiger partial charge in [-0.25, -0.2) is 4.98 Å². The maximum atomic E-state index is 11.8. The molecule has 5 nitrogen and oxygen atoms in total. The summed E-state index contributed by atoms with van der Waals surface area (Å²) in [4.78, 5) is 16.2. The topological polar surface area (TPSA) is 77.2 Å². The number of para-hydroxylation sites is 1. The molecule has 1 amide bonds. The van der Waals surface area contributed by atoms with Crippen LogP contribution in [0.25, 0.3) is 11.3 Å². The van der Waals surface area contributed by atoms with Crippen LogP contribution in [0.1, 0.15) is 19.8 Å². The molecule has 0 fully saturated rings. The fourth-order valence-electron chi connectivity index (χ4n) is 1.85. The second-order valence-electron chi connectivity index (χ2n) is 4.80. The number of thiazole rings is 1. The largest absolute Gasteiger partial charge is 0.496 e. The van der Waals surface area contributed by atoms with Gasteiger partial charge >= 0.3 is 0 Å². The van der Waals surface area contributed by atoms with E-state index >= 15 is 0 Å². The number of hydrogen-bond acceptors (Lipinski definition) is 5. The maximum absolute atomic E-state index is 11.8. The number of hydrogen-bond donors (Lipinski definition) is 2. The summed E-state index contributed by atoms with van der Waals surface area (Å²) in [6.45, 7) is 1.89. The van der Waals surface area contributed by atoms with Crippen molar-refractivity contribution >= 4 is 22.4 Å². The fraction of sp³-hybridized carbons (Fsp3) is 0.333. The van der Waals surface area contributed by atoms with Crippen LogP contribution in [-0.4, -0.2) is 24.0 Å². The van der Waals surface area contributed by atoms with Gasteiger partial charge < -0.3 is 15.8 Å². The summed E-state index contributed by atoms with van der Waals surface area (Å²) in [6, 6.07) is 7.69. The Morgan fingerprint density at radius 1 is 1.48 bits per heavy atom. The van der Waals surface area contributed by atoms with E-state index in [2.05, 4.69) is 10.3 Å². The van der Waals surface area contributed by atoms with E-state index in [4.69, 9.17) is 10.5 Å². The number of carbonyl (C=O) groups excluding carboxylic acids is 1. The van der Waals surface area contributed by atoms with Gasteiger partial charge in [0.05, 0.1) is 12.8 Å². The number of methoxy groups -OCH3 is 1. The molecule has 0 aliphatic carbocycles. The first-order valence-corrected chi connectivity index (χ1v) is 7.62. The highest BCUT2D eigenvalue weighted by Gasteiger charge is 2.11. The van der Waals surface area contributed by atoms with Crippen LogP contribution in [0.4, 0.5) is 5.13 Å². The van der Waals surface area contributed by atoms with Gasteiger partial charge in [-0.15, -0.1) is 11.3 Å². The molecule has 2 rings (SSSR count). The lowest BCUT2D eigenvalue weighted by Crippen LogP contribution is -2.19. The molecule has 0 spiro atoms. The minimum Gasteiger partial charge on any atom is -0.496 e. The Morgan fingerprint density at radius 2 is 2.24 bits per heavy atom. The molecule has 3 N–H and O–H groups in total. The van der Waals surface area contributed by atoms with E-state index in [-0.39, 0.29) is 11.9 Å². The van der Waals surface area contributed by atoms with Gasteiger partial charge in [0.2, 0.25) is 5.91 Å². The lowest BCUT2D eigenvalue weighted by Gasteiger charge is -2.05. The van der Waals surface area contributed by atoms with E-state index in [1.165, 1.54) is 11.3 Å². The third kappa shape index (κ3) is 4.27. The van der Waals surface area contributed by atoms with Crippen molar-refractivity contribution in [1.29, 1.82) is 0 Å². The van der Waals surface area contributed by atoms with Gasteiger partial charge in [0.25, 0.3) is 0 Å². The van der Waals surface area contributed by atoms with E-state index in [1.54, 1.807) is 7.11 Å². The number of amides is 1. The summed E-state index contributed by atoms with van der Waals surface area (Å²) in [5.41, 5.74) is 7.34. The van der Waals surface area contributed by atoms with Gasteiger partial charge in [-0.05, 0) is 25.5 Å². The molecule has 21 heavy (non-hydrogen) atoms. The van der Waals surface area contributed by atoms with Crippen molar-refractivity contribution in [2.45, 2.75) is 25.8 Å². The van der Waals surface area contributed by atoms with Gasteiger partial charge in [0, 0.05) is 23.4 Å². The van der Waals surface area contributed by atoms with E-state index in [1.807, 2.05) is 36.6 Å². The van der Waals surface area contributed by atoms with E-state index < -0.39 is 0 Å². The summed E-state index contributed by atoms with van der Waals surface area (Å²) in [5, 5.41) is 5.29. The fourth-order valence-corrected chi connectivity index (χ4v) is 2.58. The smallest absolute Gasteiger partial charge is 0.226 e. The van der Waals surface area contributed by atoms with Crippen molar-refractivity contribution in [2.75, 3.05) is 12.4 Å². The summed E-state index contributed by atoms with van der Waals surface area (Å²) in [5.74, 6) is 0.700. The molecule has 1 unspecified atom stereocenters. The van der Waals surface area contributed by atoms with Crippen LogP contribution in [0.2, 0.25) is 0 Å². The normalized spacial score (nSPS) is 12.0. The van der Waals surface area contributed by atoms with Crippen molar-refractivity contribution in [2.24, 2.45) is 5.73 Å². The van der Waals surface area contributed by atoms with E-state index in [0.29, 0.717) is 18.0 Å². The Balaban J connectivity index is 2.06. The summed E-state index contributed by atoms with van der Waals surface area (Å²) < 4.78 is 5.32. The van der Waals surface area contributed by atoms with E-state index in [0.717, 1.165) is 17.0 Å². The molecule has 6 heteroatoms. The summed E-state index contributed by atoms with van der Waals surface area (Å²) in [6.07, 6.45) is 1.07. The molecular weight excluding hydrogens is 286 g/mol. The molecule has 0 saturated carbocycles. The van der Waals surface area contributed by atoms with Gasteiger partial charge in [-0.2, -0.15) is 0 Å². The minimum absolute atomic E-state index is 0.0242. The first kappa shape index (κ1) is 15.5. The molecule has 0 saturated heterocycles. The van der Waals surface area contributed by atoms with Gasteiger partial charge in [-0.3, -0.25) is 4.79 Å². The third-order valence-corrected chi connectivity index (χ3v) is 3.72. The number of aromatic nitrogens is 1. The second kappa shape index (κ2) is 7.19. The van der Waals surface area contributed by atoms with Gasteiger partial charge in [0.15, 0.2) is 5.13 Å².